The molecule has 2 rings (SSSR count). The number of anilines is 1. The number of rotatable bonds is 9. The quantitative estimate of drug-likeness (QED) is 0.289. The summed E-state index contributed by atoms with van der Waals surface area (Å²) in [5.74, 6) is 4.97. The molecule has 0 aromatic heterocycles. The first-order valence-electron chi connectivity index (χ1n) is 10.4. The molecule has 182 valence electrons. The summed E-state index contributed by atoms with van der Waals surface area (Å²) in [6, 6.07) is 10.2. The fraction of sp³-hybridized carbons (Fsp3) is 0.333. The van der Waals surface area contributed by atoms with Gasteiger partial charge in [0.25, 0.3) is 5.91 Å². The fourth-order valence-corrected chi connectivity index (χ4v) is 2.98. The van der Waals surface area contributed by atoms with E-state index in [9.17, 15) is 9.59 Å². The molecule has 10 heteroatoms. The number of benzene rings is 2. The van der Waals surface area contributed by atoms with Gasteiger partial charge in [-0.1, -0.05) is 26.8 Å². The average Bonchev–Trinajstić information content (AvgIpc) is 2.77. The highest BCUT2D eigenvalue weighted by Crippen LogP contribution is 2.33. The Bertz CT molecular complexity index is 1120. The molecule has 0 aliphatic carbocycles. The monoisotopic (exact) mass is 470 g/mol. The van der Waals surface area contributed by atoms with Crippen molar-refractivity contribution in [2.75, 3.05) is 26.1 Å². The van der Waals surface area contributed by atoms with E-state index < -0.39 is 18.5 Å². The van der Waals surface area contributed by atoms with Gasteiger partial charge in [0.05, 0.1) is 25.6 Å². The highest BCUT2D eigenvalue weighted by Gasteiger charge is 2.21. The number of carboxylic acids is 1. The van der Waals surface area contributed by atoms with Crippen molar-refractivity contribution in [1.82, 2.24) is 0 Å². The number of amides is 1. The van der Waals surface area contributed by atoms with Gasteiger partial charge in [-0.3, -0.25) is 4.79 Å². The number of carboxylic acid groups (broad SMARTS) is 1. The van der Waals surface area contributed by atoms with Gasteiger partial charge in [0, 0.05) is 6.07 Å². The van der Waals surface area contributed by atoms with E-state index in [0.29, 0.717) is 17.2 Å². The Morgan fingerprint density at radius 3 is 2.29 bits per heavy atom. The number of ether oxygens (including phenoxy) is 3. The maximum Gasteiger partial charge on any atom is 0.341 e. The summed E-state index contributed by atoms with van der Waals surface area (Å²) in [7, 11) is 3.03. The maximum absolute atomic E-state index is 13.1. The Balaban J connectivity index is 2.41. The van der Waals surface area contributed by atoms with Crippen molar-refractivity contribution >= 4 is 34.7 Å². The highest BCUT2D eigenvalue weighted by atomic mass is 16.5. The minimum atomic E-state index is -1.14. The van der Waals surface area contributed by atoms with E-state index >= 15 is 0 Å². The van der Waals surface area contributed by atoms with Crippen LogP contribution in [0.15, 0.2) is 46.5 Å². The van der Waals surface area contributed by atoms with Crippen LogP contribution in [0.5, 0.6) is 17.2 Å². The minimum absolute atomic E-state index is 0.129. The first-order chi connectivity index (χ1) is 16.0. The van der Waals surface area contributed by atoms with Crippen LogP contribution < -0.4 is 25.4 Å². The average molecular weight is 471 g/mol. The molecule has 0 spiro atoms. The van der Waals surface area contributed by atoms with Gasteiger partial charge >= 0.3 is 5.97 Å². The van der Waals surface area contributed by atoms with E-state index in [1.165, 1.54) is 14.2 Å². The van der Waals surface area contributed by atoms with Gasteiger partial charge in [-0.15, -0.1) is 0 Å². The third-order valence-corrected chi connectivity index (χ3v) is 4.81. The van der Waals surface area contributed by atoms with Gasteiger partial charge in [0.15, 0.2) is 12.3 Å². The highest BCUT2D eigenvalue weighted by molar-refractivity contribution is 6.68. The molecule has 2 aromatic carbocycles. The number of aliphatic imine (C=N–C) groups is 1. The van der Waals surface area contributed by atoms with Gasteiger partial charge in [-0.25, -0.2) is 9.79 Å². The van der Waals surface area contributed by atoms with E-state index in [1.807, 2.05) is 26.8 Å². The Labute approximate surface area is 198 Å². The minimum Gasteiger partial charge on any atom is -0.497 e. The smallest absolute Gasteiger partial charge is 0.341 e. The van der Waals surface area contributed by atoms with Crippen molar-refractivity contribution < 1.29 is 28.9 Å². The van der Waals surface area contributed by atoms with Gasteiger partial charge in [0.2, 0.25) is 0 Å². The molecule has 0 fully saturated rings. The Kier molecular flexibility index (Phi) is 8.60. The molecule has 0 aliphatic rings. The van der Waals surface area contributed by atoms with Crippen molar-refractivity contribution in [3.63, 3.8) is 0 Å². The number of methoxy groups -OCH3 is 2. The van der Waals surface area contributed by atoms with Crippen LogP contribution >= 0.6 is 0 Å². The van der Waals surface area contributed by atoms with Gasteiger partial charge < -0.3 is 30.5 Å². The molecule has 0 unspecified atom stereocenters. The molecule has 0 saturated carbocycles. The first-order valence-corrected chi connectivity index (χ1v) is 10.4. The zero-order valence-electron chi connectivity index (χ0n) is 20.1. The zero-order chi connectivity index (χ0) is 25.5. The van der Waals surface area contributed by atoms with Gasteiger partial charge in [-0.2, -0.15) is 5.10 Å². The Morgan fingerprint density at radius 1 is 1.06 bits per heavy atom. The molecule has 0 bridgehead atoms. The molecule has 10 nitrogen and oxygen atoms in total. The molecule has 4 N–H and O–H groups in total. The van der Waals surface area contributed by atoms with E-state index in [2.05, 4.69) is 15.4 Å². The molecule has 0 radical (unpaired) electrons. The molecule has 0 atom stereocenters. The first kappa shape index (κ1) is 26.2. The number of nitrogens with one attached hydrogen (secondary N) is 1. The molecule has 1 amide bonds. The Hall–Kier alpha value is -4.08. The second kappa shape index (κ2) is 11.2. The topological polar surface area (TPSA) is 145 Å². The van der Waals surface area contributed by atoms with Crippen LogP contribution in [0.1, 0.15) is 33.3 Å². The number of nitrogens with two attached hydrogens (primary N) is 1. The lowest BCUT2D eigenvalue weighted by molar-refractivity contribution is -0.139. The van der Waals surface area contributed by atoms with Gasteiger partial charge in [0.1, 0.15) is 22.9 Å². The summed E-state index contributed by atoms with van der Waals surface area (Å²) in [5.41, 5.74) is 1.49. The number of hydrogen-bond acceptors (Lipinski definition) is 8. The molecular weight excluding hydrogens is 440 g/mol. The van der Waals surface area contributed by atoms with Crippen molar-refractivity contribution in [3.8, 4) is 17.2 Å². The lowest BCUT2D eigenvalue weighted by atomic mass is 9.87. The maximum atomic E-state index is 13.1. The SMILES string of the molecule is COc1ccc(OC)c(N=C(C)/C(=N\N)C(=O)Nc2cc(C(C)(C)C)ccc2OCC(=O)O)c1. The molecule has 34 heavy (non-hydrogen) atoms. The van der Waals surface area contributed by atoms with Crippen LogP contribution in [0, 0.1) is 0 Å². The van der Waals surface area contributed by atoms with E-state index in [0.717, 1.165) is 5.56 Å². The molecule has 0 aliphatic heterocycles. The molecule has 0 heterocycles. The summed E-state index contributed by atoms with van der Waals surface area (Å²) in [6.07, 6.45) is 0. The summed E-state index contributed by atoms with van der Waals surface area (Å²) in [5, 5.41) is 15.3. The fourth-order valence-electron chi connectivity index (χ4n) is 2.98. The summed E-state index contributed by atoms with van der Waals surface area (Å²) >= 11 is 0. The number of carbonyl (C=O) groups is 2. The van der Waals surface area contributed by atoms with Crippen molar-refractivity contribution in [2.45, 2.75) is 33.1 Å². The van der Waals surface area contributed by atoms with Gasteiger partial charge in [-0.05, 0) is 42.2 Å². The van der Waals surface area contributed by atoms with Crippen LogP contribution in [0.2, 0.25) is 0 Å². The number of carbonyl (C=O) groups excluding carboxylic acids is 1. The van der Waals surface area contributed by atoms with E-state index in [1.54, 1.807) is 37.3 Å². The lowest BCUT2D eigenvalue weighted by Crippen LogP contribution is -2.30. The third-order valence-electron chi connectivity index (χ3n) is 4.81. The standard InChI is InChI=1S/C24H30N4O6/c1-14(26-18-12-16(32-5)8-10-19(18)33-6)22(28-25)23(31)27-17-11-15(24(2,3)4)7-9-20(17)34-13-21(29)30/h7-12H,13,25H2,1-6H3,(H,27,31)(H,29,30)/b26-14?,28-22+. The summed E-state index contributed by atoms with van der Waals surface area (Å²) < 4.78 is 15.9. The predicted octanol–water partition coefficient (Wildman–Crippen LogP) is 3.51. The largest absolute Gasteiger partial charge is 0.497 e. The van der Waals surface area contributed by atoms with Crippen molar-refractivity contribution in [2.24, 2.45) is 15.9 Å². The molecular formula is C24H30N4O6. The second-order valence-electron chi connectivity index (χ2n) is 8.31. The van der Waals surface area contributed by atoms with Crippen LogP contribution in [0.4, 0.5) is 11.4 Å². The van der Waals surface area contributed by atoms with E-state index in [4.69, 9.17) is 25.2 Å². The number of aliphatic carboxylic acids is 1. The molecule has 0 saturated heterocycles. The van der Waals surface area contributed by atoms with E-state index in [-0.39, 0.29) is 28.3 Å². The number of nitrogens with zero attached hydrogens (tertiary/aromatic N) is 2. The van der Waals surface area contributed by atoms with Crippen LogP contribution in [0.3, 0.4) is 0 Å². The third kappa shape index (κ3) is 6.71. The number of hydrogen-bond donors (Lipinski definition) is 3. The van der Waals surface area contributed by atoms with Crippen molar-refractivity contribution in [3.05, 3.63) is 42.0 Å². The normalized spacial score (nSPS) is 12.2. The summed E-state index contributed by atoms with van der Waals surface area (Å²) in [4.78, 5) is 28.5. The number of hydrazone groups is 1. The summed E-state index contributed by atoms with van der Waals surface area (Å²) in [6.45, 7) is 7.05. The van der Waals surface area contributed by atoms with Crippen molar-refractivity contribution in [1.29, 1.82) is 0 Å². The molecule has 2 aromatic rings. The second-order valence-corrected chi connectivity index (χ2v) is 8.31. The lowest BCUT2D eigenvalue weighted by Gasteiger charge is -2.21. The predicted molar refractivity (Wildman–Crippen MR) is 131 cm³/mol. The van der Waals surface area contributed by atoms with Crippen LogP contribution in [-0.2, 0) is 15.0 Å². The zero-order valence-corrected chi connectivity index (χ0v) is 20.1. The van der Waals surface area contributed by atoms with Crippen LogP contribution in [0.25, 0.3) is 0 Å². The Morgan fingerprint density at radius 2 is 1.74 bits per heavy atom. The van der Waals surface area contributed by atoms with Crippen LogP contribution in [-0.4, -0.2) is 49.2 Å².